The van der Waals surface area contributed by atoms with Gasteiger partial charge in [-0.2, -0.15) is 0 Å². The lowest BCUT2D eigenvalue weighted by atomic mass is 9.77. The Morgan fingerprint density at radius 2 is 2.25 bits per heavy atom. The summed E-state index contributed by atoms with van der Waals surface area (Å²) in [6.45, 7) is 6.45. The quantitative estimate of drug-likeness (QED) is 0.788. The third-order valence-corrected chi connectivity index (χ3v) is 4.07. The summed E-state index contributed by atoms with van der Waals surface area (Å²) >= 11 is 0. The minimum Gasteiger partial charge on any atom is -0.394 e. The summed E-state index contributed by atoms with van der Waals surface area (Å²) in [5.74, 6) is 2.79. The van der Waals surface area contributed by atoms with Crippen molar-refractivity contribution in [2.45, 2.75) is 57.9 Å². The van der Waals surface area contributed by atoms with Crippen molar-refractivity contribution in [3.05, 3.63) is 11.9 Å². The molecule has 0 aromatic carbocycles. The number of rotatable bonds is 4. The van der Waals surface area contributed by atoms with Crippen molar-refractivity contribution in [1.82, 2.24) is 9.97 Å². The van der Waals surface area contributed by atoms with E-state index in [2.05, 4.69) is 22.2 Å². The van der Waals surface area contributed by atoms with Crippen LogP contribution in [0.4, 0.5) is 11.6 Å². The van der Waals surface area contributed by atoms with Gasteiger partial charge in [-0.25, -0.2) is 9.97 Å². The van der Waals surface area contributed by atoms with Gasteiger partial charge in [-0.1, -0.05) is 33.6 Å². The number of nitrogens with two attached hydrogens (primary N) is 1. The maximum atomic E-state index is 9.83. The summed E-state index contributed by atoms with van der Waals surface area (Å²) < 4.78 is 0. The predicted molar refractivity (Wildman–Crippen MR) is 81.6 cm³/mol. The van der Waals surface area contributed by atoms with Gasteiger partial charge in [0.2, 0.25) is 0 Å². The molecule has 1 fully saturated rings. The maximum absolute atomic E-state index is 9.83. The highest BCUT2D eigenvalue weighted by molar-refractivity contribution is 5.47. The van der Waals surface area contributed by atoms with E-state index < -0.39 is 0 Å². The summed E-state index contributed by atoms with van der Waals surface area (Å²) in [5.41, 5.74) is 5.59. The fraction of sp³-hybridized carbons (Fsp3) is 0.733. The second-order valence-corrected chi connectivity index (χ2v) is 6.46. The predicted octanol–water partition coefficient (Wildman–Crippen LogP) is 2.54. The molecule has 0 aliphatic heterocycles. The Balaban J connectivity index is 2.23. The monoisotopic (exact) mass is 278 g/mol. The molecule has 1 heterocycles. The van der Waals surface area contributed by atoms with E-state index in [1.807, 2.05) is 13.8 Å². The van der Waals surface area contributed by atoms with Crippen molar-refractivity contribution in [3.8, 4) is 0 Å². The normalized spacial score (nSPS) is 26.8. The highest BCUT2D eigenvalue weighted by Gasteiger charge is 2.34. The number of nitrogen functional groups attached to an aromatic ring is 1. The van der Waals surface area contributed by atoms with Crippen LogP contribution in [0.3, 0.4) is 0 Å². The molecule has 20 heavy (non-hydrogen) atoms. The van der Waals surface area contributed by atoms with E-state index >= 15 is 0 Å². The Morgan fingerprint density at radius 3 is 2.85 bits per heavy atom. The van der Waals surface area contributed by atoms with Crippen molar-refractivity contribution in [3.63, 3.8) is 0 Å². The lowest BCUT2D eigenvalue weighted by molar-refractivity contribution is 0.149. The first kappa shape index (κ1) is 15.0. The van der Waals surface area contributed by atoms with Crippen molar-refractivity contribution >= 4 is 11.6 Å². The average molecular weight is 278 g/mol. The van der Waals surface area contributed by atoms with Crippen LogP contribution in [0, 0.1) is 5.92 Å². The summed E-state index contributed by atoms with van der Waals surface area (Å²) in [6.07, 6.45) is 4.29. The first-order chi connectivity index (χ1) is 9.44. The van der Waals surface area contributed by atoms with Gasteiger partial charge in [0.1, 0.15) is 17.5 Å². The molecule has 1 aliphatic carbocycles. The first-order valence-electron chi connectivity index (χ1n) is 7.47. The molecule has 1 saturated carbocycles. The van der Waals surface area contributed by atoms with Gasteiger partial charge in [0.05, 0.1) is 12.1 Å². The van der Waals surface area contributed by atoms with Crippen LogP contribution in [0.2, 0.25) is 0 Å². The summed E-state index contributed by atoms with van der Waals surface area (Å²) in [7, 11) is 0. The fourth-order valence-corrected chi connectivity index (χ4v) is 3.04. The highest BCUT2D eigenvalue weighted by Crippen LogP contribution is 2.34. The summed E-state index contributed by atoms with van der Waals surface area (Å²) in [5, 5.41) is 13.3. The second-order valence-electron chi connectivity index (χ2n) is 6.46. The third-order valence-electron chi connectivity index (χ3n) is 4.07. The molecule has 2 rings (SSSR count). The molecule has 0 amide bonds. The van der Waals surface area contributed by atoms with E-state index in [0.717, 1.165) is 30.9 Å². The molecular weight excluding hydrogens is 252 g/mol. The number of anilines is 2. The van der Waals surface area contributed by atoms with Crippen molar-refractivity contribution in [2.75, 3.05) is 17.7 Å². The SMILES string of the molecule is CC1CCCC(CO)(Nc2cc(N)nc(C(C)C)n2)C1. The smallest absolute Gasteiger partial charge is 0.135 e. The first-order valence-corrected chi connectivity index (χ1v) is 7.47. The highest BCUT2D eigenvalue weighted by atomic mass is 16.3. The zero-order valence-electron chi connectivity index (χ0n) is 12.7. The number of aliphatic hydroxyl groups excluding tert-OH is 1. The van der Waals surface area contributed by atoms with Crippen molar-refractivity contribution < 1.29 is 5.11 Å². The molecule has 0 saturated heterocycles. The molecule has 1 aromatic rings. The Kier molecular flexibility index (Phi) is 4.48. The largest absolute Gasteiger partial charge is 0.394 e. The topological polar surface area (TPSA) is 84.1 Å². The van der Waals surface area contributed by atoms with Crippen LogP contribution in [-0.2, 0) is 0 Å². The van der Waals surface area contributed by atoms with Crippen LogP contribution in [0.1, 0.15) is 58.2 Å². The Morgan fingerprint density at radius 1 is 1.50 bits per heavy atom. The molecule has 112 valence electrons. The number of nitrogens with one attached hydrogen (secondary N) is 1. The summed E-state index contributed by atoms with van der Waals surface area (Å²) in [6, 6.07) is 1.75. The van der Waals surface area contributed by atoms with Gasteiger partial charge in [-0.05, 0) is 18.8 Å². The minimum absolute atomic E-state index is 0.123. The van der Waals surface area contributed by atoms with E-state index in [9.17, 15) is 5.11 Å². The zero-order valence-corrected chi connectivity index (χ0v) is 12.7. The van der Waals surface area contributed by atoms with E-state index in [4.69, 9.17) is 5.73 Å². The van der Waals surface area contributed by atoms with Crippen LogP contribution in [0.15, 0.2) is 6.07 Å². The van der Waals surface area contributed by atoms with Gasteiger partial charge in [0.25, 0.3) is 0 Å². The molecule has 0 bridgehead atoms. The Hall–Kier alpha value is -1.36. The Bertz CT molecular complexity index is 463. The molecule has 4 N–H and O–H groups in total. The van der Waals surface area contributed by atoms with Crippen LogP contribution in [0.5, 0.6) is 0 Å². The van der Waals surface area contributed by atoms with Gasteiger partial charge >= 0.3 is 0 Å². The van der Waals surface area contributed by atoms with Gasteiger partial charge in [-0.3, -0.25) is 0 Å². The number of hydrogen-bond donors (Lipinski definition) is 3. The number of hydrogen-bond acceptors (Lipinski definition) is 5. The number of aliphatic hydroxyl groups is 1. The molecule has 5 nitrogen and oxygen atoms in total. The van der Waals surface area contributed by atoms with Gasteiger partial charge in [0.15, 0.2) is 0 Å². The van der Waals surface area contributed by atoms with Gasteiger partial charge in [0, 0.05) is 12.0 Å². The van der Waals surface area contributed by atoms with E-state index in [1.54, 1.807) is 6.07 Å². The van der Waals surface area contributed by atoms with Crippen molar-refractivity contribution in [2.24, 2.45) is 5.92 Å². The lowest BCUT2D eigenvalue weighted by Crippen LogP contribution is -2.46. The standard InChI is InChI=1S/C15H26N4O/c1-10(2)14-17-12(16)7-13(18-14)19-15(9-20)6-4-5-11(3)8-15/h7,10-11,20H,4-6,8-9H2,1-3H3,(H3,16,17,18,19). The molecular formula is C15H26N4O. The maximum Gasteiger partial charge on any atom is 0.135 e. The zero-order chi connectivity index (χ0) is 14.8. The number of aromatic nitrogens is 2. The van der Waals surface area contributed by atoms with E-state index in [0.29, 0.717) is 11.7 Å². The molecule has 2 atom stereocenters. The molecule has 0 radical (unpaired) electrons. The van der Waals surface area contributed by atoms with Crippen LogP contribution < -0.4 is 11.1 Å². The van der Waals surface area contributed by atoms with E-state index in [-0.39, 0.29) is 18.1 Å². The third kappa shape index (κ3) is 3.39. The minimum atomic E-state index is -0.271. The van der Waals surface area contributed by atoms with Crippen LogP contribution in [-0.4, -0.2) is 27.2 Å². The van der Waals surface area contributed by atoms with Gasteiger partial charge < -0.3 is 16.2 Å². The van der Waals surface area contributed by atoms with Crippen LogP contribution in [0.25, 0.3) is 0 Å². The molecule has 0 spiro atoms. The Labute approximate surface area is 121 Å². The van der Waals surface area contributed by atoms with E-state index in [1.165, 1.54) is 6.42 Å². The molecule has 5 heteroatoms. The average Bonchev–Trinajstić information content (AvgIpc) is 2.38. The molecule has 2 unspecified atom stereocenters. The number of nitrogens with zero attached hydrogens (tertiary/aromatic N) is 2. The van der Waals surface area contributed by atoms with Gasteiger partial charge in [-0.15, -0.1) is 0 Å². The fourth-order valence-electron chi connectivity index (χ4n) is 3.04. The van der Waals surface area contributed by atoms with Crippen molar-refractivity contribution in [1.29, 1.82) is 0 Å². The lowest BCUT2D eigenvalue weighted by Gasteiger charge is -2.39. The molecule has 1 aromatic heterocycles. The summed E-state index contributed by atoms with van der Waals surface area (Å²) in [4.78, 5) is 8.79. The van der Waals surface area contributed by atoms with Crippen LogP contribution >= 0.6 is 0 Å². The molecule has 1 aliphatic rings. The second kappa shape index (κ2) is 5.95.